The molecule has 0 heterocycles. The third-order valence-electron chi connectivity index (χ3n) is 1.79. The van der Waals surface area contributed by atoms with E-state index in [1.54, 1.807) is 0 Å². The van der Waals surface area contributed by atoms with Gasteiger partial charge in [-0.25, -0.2) is 9.18 Å². The molecule has 0 aliphatic rings. The number of esters is 1. The number of primary amides is 1. The van der Waals surface area contributed by atoms with Crippen molar-refractivity contribution in [2.75, 3.05) is 12.3 Å². The Morgan fingerprint density at radius 3 is 2.69 bits per heavy atom. The summed E-state index contributed by atoms with van der Waals surface area (Å²) >= 11 is 0. The number of anilines is 1. The van der Waals surface area contributed by atoms with E-state index >= 15 is 0 Å². The van der Waals surface area contributed by atoms with E-state index in [9.17, 15) is 14.0 Å². The number of nitrogens with two attached hydrogens (primary N) is 2. The number of nitrogen functional groups attached to an aromatic ring is 1. The Labute approximate surface area is 91.2 Å². The normalized spacial score (nSPS) is 9.81. The number of hydrogen-bond donors (Lipinski definition) is 2. The van der Waals surface area contributed by atoms with E-state index in [2.05, 4.69) is 4.74 Å². The first-order valence-electron chi connectivity index (χ1n) is 4.51. The first kappa shape index (κ1) is 12.0. The molecular formula is C10H11FN2O3. The molecule has 4 N–H and O–H groups in total. The number of ether oxygens (including phenoxy) is 1. The van der Waals surface area contributed by atoms with Crippen LogP contribution in [0.5, 0.6) is 0 Å². The zero-order valence-electron chi connectivity index (χ0n) is 8.40. The number of rotatable bonds is 4. The Balaban J connectivity index is 2.65. The molecule has 16 heavy (non-hydrogen) atoms. The van der Waals surface area contributed by atoms with Gasteiger partial charge >= 0.3 is 5.97 Å². The highest BCUT2D eigenvalue weighted by atomic mass is 19.1. The van der Waals surface area contributed by atoms with Crippen LogP contribution in [0.3, 0.4) is 0 Å². The van der Waals surface area contributed by atoms with Crippen LogP contribution >= 0.6 is 0 Å². The monoisotopic (exact) mass is 226 g/mol. The van der Waals surface area contributed by atoms with Gasteiger partial charge in [-0.2, -0.15) is 0 Å². The highest BCUT2D eigenvalue weighted by molar-refractivity contribution is 5.90. The van der Waals surface area contributed by atoms with Gasteiger partial charge in [-0.15, -0.1) is 0 Å². The minimum atomic E-state index is -0.869. The molecule has 6 heteroatoms. The molecule has 0 atom stereocenters. The minimum absolute atomic E-state index is 0.102. The molecule has 0 radical (unpaired) electrons. The predicted molar refractivity (Wildman–Crippen MR) is 54.9 cm³/mol. The van der Waals surface area contributed by atoms with Crippen LogP contribution in [0, 0.1) is 5.82 Å². The van der Waals surface area contributed by atoms with E-state index in [0.717, 1.165) is 6.07 Å². The summed E-state index contributed by atoms with van der Waals surface area (Å²) in [5, 5.41) is 0. The quantitative estimate of drug-likeness (QED) is 0.575. The van der Waals surface area contributed by atoms with Crippen LogP contribution in [-0.4, -0.2) is 18.5 Å². The maximum atomic E-state index is 13.2. The zero-order chi connectivity index (χ0) is 12.1. The summed E-state index contributed by atoms with van der Waals surface area (Å²) in [6.07, 6.45) is -0.102. The fraction of sp³-hybridized carbons (Fsp3) is 0.200. The van der Waals surface area contributed by atoms with Gasteiger partial charge in [0, 0.05) is 5.69 Å². The van der Waals surface area contributed by atoms with E-state index in [4.69, 9.17) is 11.5 Å². The number of amides is 1. The van der Waals surface area contributed by atoms with Gasteiger partial charge in [-0.05, 0) is 18.2 Å². The van der Waals surface area contributed by atoms with Gasteiger partial charge in [0.15, 0.2) is 0 Å². The van der Waals surface area contributed by atoms with Gasteiger partial charge in [0.25, 0.3) is 0 Å². The summed E-state index contributed by atoms with van der Waals surface area (Å²) in [4.78, 5) is 21.7. The summed E-state index contributed by atoms with van der Waals surface area (Å²) in [5.74, 6) is -2.19. The molecule has 0 bridgehead atoms. The van der Waals surface area contributed by atoms with Crippen LogP contribution in [0.1, 0.15) is 16.8 Å². The lowest BCUT2D eigenvalue weighted by Gasteiger charge is -2.05. The van der Waals surface area contributed by atoms with Gasteiger partial charge in [0.1, 0.15) is 12.4 Å². The molecule has 0 aliphatic heterocycles. The highest BCUT2D eigenvalue weighted by Gasteiger charge is 2.13. The predicted octanol–water partition coefficient (Wildman–Crippen LogP) is 0.440. The zero-order valence-corrected chi connectivity index (χ0v) is 8.40. The molecule has 0 unspecified atom stereocenters. The fourth-order valence-electron chi connectivity index (χ4n) is 1.02. The Morgan fingerprint density at radius 1 is 1.38 bits per heavy atom. The molecule has 1 rings (SSSR count). The maximum Gasteiger partial charge on any atom is 0.341 e. The summed E-state index contributed by atoms with van der Waals surface area (Å²) in [5.41, 5.74) is 10.2. The smallest absolute Gasteiger partial charge is 0.341 e. The molecular weight excluding hydrogens is 215 g/mol. The number of hydrogen-bond acceptors (Lipinski definition) is 4. The first-order valence-corrected chi connectivity index (χ1v) is 4.51. The molecule has 1 aromatic carbocycles. The van der Waals surface area contributed by atoms with Crippen molar-refractivity contribution in [3.8, 4) is 0 Å². The van der Waals surface area contributed by atoms with Gasteiger partial charge in [0.2, 0.25) is 5.91 Å². The van der Waals surface area contributed by atoms with Crippen LogP contribution in [0.2, 0.25) is 0 Å². The molecule has 0 saturated carbocycles. The molecule has 1 aromatic rings. The molecule has 0 fully saturated rings. The van der Waals surface area contributed by atoms with Crippen molar-refractivity contribution in [1.29, 1.82) is 0 Å². The standard InChI is InChI=1S/C10H11FN2O3/c11-8-2-1-6(12)5-7(8)10(15)16-4-3-9(13)14/h1-2,5H,3-4,12H2,(H2,13,14). The Hall–Kier alpha value is -2.11. The summed E-state index contributed by atoms with van der Waals surface area (Å²) in [6.45, 7) is -0.178. The summed E-state index contributed by atoms with van der Waals surface area (Å²) in [6, 6.07) is 3.57. The maximum absolute atomic E-state index is 13.2. The summed E-state index contributed by atoms with van der Waals surface area (Å²) in [7, 11) is 0. The minimum Gasteiger partial charge on any atom is -0.461 e. The largest absolute Gasteiger partial charge is 0.461 e. The number of carbonyl (C=O) groups excluding carboxylic acids is 2. The third-order valence-corrected chi connectivity index (χ3v) is 1.79. The average molecular weight is 226 g/mol. The third kappa shape index (κ3) is 3.23. The first-order chi connectivity index (χ1) is 7.50. The van der Waals surface area contributed by atoms with Gasteiger partial charge in [0.05, 0.1) is 12.0 Å². The number of benzene rings is 1. The second kappa shape index (κ2) is 5.11. The molecule has 5 nitrogen and oxygen atoms in total. The molecule has 0 spiro atoms. The van der Waals surface area contributed by atoms with Gasteiger partial charge in [-0.1, -0.05) is 0 Å². The molecule has 86 valence electrons. The SMILES string of the molecule is NC(=O)CCOC(=O)c1cc(N)ccc1F. The Morgan fingerprint density at radius 2 is 2.06 bits per heavy atom. The van der Waals surface area contributed by atoms with E-state index in [-0.39, 0.29) is 24.3 Å². The van der Waals surface area contributed by atoms with Gasteiger partial charge < -0.3 is 16.2 Å². The van der Waals surface area contributed by atoms with Crippen LogP contribution in [0.25, 0.3) is 0 Å². The fourth-order valence-corrected chi connectivity index (χ4v) is 1.02. The van der Waals surface area contributed by atoms with E-state index < -0.39 is 17.7 Å². The van der Waals surface area contributed by atoms with Crippen LogP contribution in [0.15, 0.2) is 18.2 Å². The lowest BCUT2D eigenvalue weighted by atomic mass is 10.2. The van der Waals surface area contributed by atoms with E-state index in [1.807, 2.05) is 0 Å². The van der Waals surface area contributed by atoms with Crippen molar-refractivity contribution in [2.45, 2.75) is 6.42 Å². The van der Waals surface area contributed by atoms with Crippen molar-refractivity contribution >= 4 is 17.6 Å². The van der Waals surface area contributed by atoms with Crippen molar-refractivity contribution < 1.29 is 18.7 Å². The highest BCUT2D eigenvalue weighted by Crippen LogP contribution is 2.13. The van der Waals surface area contributed by atoms with Crippen molar-refractivity contribution in [3.63, 3.8) is 0 Å². The van der Waals surface area contributed by atoms with E-state index in [1.165, 1.54) is 12.1 Å². The van der Waals surface area contributed by atoms with Crippen LogP contribution in [-0.2, 0) is 9.53 Å². The number of halogens is 1. The lowest BCUT2D eigenvalue weighted by Crippen LogP contribution is -2.16. The molecule has 0 aliphatic carbocycles. The Bertz CT molecular complexity index is 421. The van der Waals surface area contributed by atoms with Crippen molar-refractivity contribution in [1.82, 2.24) is 0 Å². The second-order valence-electron chi connectivity index (χ2n) is 3.09. The van der Waals surface area contributed by atoms with Crippen molar-refractivity contribution in [2.24, 2.45) is 5.73 Å². The summed E-state index contributed by atoms with van der Waals surface area (Å²) < 4.78 is 17.8. The Kier molecular flexibility index (Phi) is 3.82. The topological polar surface area (TPSA) is 95.4 Å². The average Bonchev–Trinajstić information content (AvgIpc) is 2.21. The lowest BCUT2D eigenvalue weighted by molar-refractivity contribution is -0.118. The van der Waals surface area contributed by atoms with E-state index in [0.29, 0.717) is 0 Å². The van der Waals surface area contributed by atoms with Gasteiger partial charge in [-0.3, -0.25) is 4.79 Å². The molecule has 0 aromatic heterocycles. The second-order valence-corrected chi connectivity index (χ2v) is 3.09. The molecule has 1 amide bonds. The number of carbonyl (C=O) groups is 2. The van der Waals surface area contributed by atoms with Crippen LogP contribution in [0.4, 0.5) is 10.1 Å². The molecule has 0 saturated heterocycles. The van der Waals surface area contributed by atoms with Crippen molar-refractivity contribution in [3.05, 3.63) is 29.6 Å². The van der Waals surface area contributed by atoms with Crippen LogP contribution < -0.4 is 11.5 Å².